The summed E-state index contributed by atoms with van der Waals surface area (Å²) in [6.45, 7) is 10.2. The van der Waals surface area contributed by atoms with E-state index in [1.54, 1.807) is 0 Å². The van der Waals surface area contributed by atoms with Crippen LogP contribution in [0, 0.1) is 0 Å². The maximum atomic E-state index is 4.07. The molecule has 0 N–H and O–H groups in total. The van der Waals surface area contributed by atoms with Crippen LogP contribution >= 0.6 is 0 Å². The maximum absolute atomic E-state index is 4.07. The molecule has 0 atom stereocenters. The van der Waals surface area contributed by atoms with E-state index in [9.17, 15) is 0 Å². The van der Waals surface area contributed by atoms with E-state index in [0.29, 0.717) is 0 Å². The summed E-state index contributed by atoms with van der Waals surface area (Å²) in [6.07, 6.45) is 10.8. The molecule has 0 aliphatic rings. The van der Waals surface area contributed by atoms with Crippen molar-refractivity contribution < 1.29 is 0 Å². The van der Waals surface area contributed by atoms with Crippen molar-refractivity contribution in [2.75, 3.05) is 20.1 Å². The maximum Gasteiger partial charge on any atom is 0.0190 e. The van der Waals surface area contributed by atoms with E-state index in [1.165, 1.54) is 5.57 Å². The first-order valence-electron chi connectivity index (χ1n) is 5.28. The summed E-state index contributed by atoms with van der Waals surface area (Å²) < 4.78 is 0. The zero-order valence-electron chi connectivity index (χ0n) is 9.79. The zero-order valence-corrected chi connectivity index (χ0v) is 9.79. The smallest absolute Gasteiger partial charge is 0.0190 e. The minimum Gasteiger partial charge on any atom is -0.299 e. The van der Waals surface area contributed by atoms with Crippen molar-refractivity contribution in [3.63, 3.8) is 0 Å². The van der Waals surface area contributed by atoms with Crippen LogP contribution in [0.15, 0.2) is 36.5 Å². The summed E-state index contributed by atoms with van der Waals surface area (Å²) in [4.78, 5) is 2.28. The molecule has 0 fully saturated rings. The van der Waals surface area contributed by atoms with Crippen LogP contribution in [0.2, 0.25) is 0 Å². The first-order chi connectivity index (χ1) is 6.70. The fourth-order valence-electron chi connectivity index (χ4n) is 1.26. The Kier molecular flexibility index (Phi) is 8.25. The Morgan fingerprint density at radius 1 is 1.21 bits per heavy atom. The van der Waals surface area contributed by atoms with Gasteiger partial charge in [0.25, 0.3) is 0 Å². The summed E-state index contributed by atoms with van der Waals surface area (Å²) in [7, 11) is 2.13. The van der Waals surface area contributed by atoms with Gasteiger partial charge in [0.2, 0.25) is 0 Å². The van der Waals surface area contributed by atoms with Crippen LogP contribution < -0.4 is 0 Å². The second-order valence-electron chi connectivity index (χ2n) is 3.62. The third-order valence-electron chi connectivity index (χ3n) is 2.05. The molecule has 0 bridgehead atoms. The Hall–Kier alpha value is -0.820. The summed E-state index contributed by atoms with van der Waals surface area (Å²) in [5.74, 6) is 0. The minimum absolute atomic E-state index is 1.00. The normalized spacial score (nSPS) is 12.0. The number of hydrogen-bond donors (Lipinski definition) is 0. The van der Waals surface area contributed by atoms with E-state index in [4.69, 9.17) is 0 Å². The molecule has 0 spiro atoms. The van der Waals surface area contributed by atoms with Crippen LogP contribution in [0.1, 0.15) is 26.7 Å². The van der Waals surface area contributed by atoms with Gasteiger partial charge >= 0.3 is 0 Å². The molecule has 0 saturated carbocycles. The monoisotopic (exact) mass is 193 g/mol. The molecule has 0 heterocycles. The van der Waals surface area contributed by atoms with Crippen molar-refractivity contribution in [1.82, 2.24) is 4.90 Å². The number of rotatable bonds is 7. The Bertz CT molecular complexity index is 201. The summed E-state index contributed by atoms with van der Waals surface area (Å²) in [5, 5.41) is 0. The van der Waals surface area contributed by atoms with E-state index in [2.05, 4.69) is 56.7 Å². The quantitative estimate of drug-likeness (QED) is 0.560. The molecule has 1 nitrogen and oxygen atoms in total. The van der Waals surface area contributed by atoms with Crippen molar-refractivity contribution in [1.29, 1.82) is 0 Å². The van der Waals surface area contributed by atoms with E-state index in [-0.39, 0.29) is 0 Å². The standard InChI is InChI=1S/C13H23N/c1-5-7-9-10-13(3)12-14(4)11-8-6-2/h5-8H,3,9-12H2,1-2,4H3/b7-5-,8-6-. The average Bonchev–Trinajstić information content (AvgIpc) is 2.15. The first kappa shape index (κ1) is 13.2. The number of hydrogen-bond acceptors (Lipinski definition) is 1. The summed E-state index contributed by atoms with van der Waals surface area (Å²) in [5.41, 5.74) is 1.31. The van der Waals surface area contributed by atoms with E-state index in [1.807, 2.05) is 0 Å². The Morgan fingerprint density at radius 2 is 1.86 bits per heavy atom. The molecular weight excluding hydrogens is 170 g/mol. The predicted octanol–water partition coefficient (Wildman–Crippen LogP) is 3.41. The lowest BCUT2D eigenvalue weighted by Gasteiger charge is -2.15. The van der Waals surface area contributed by atoms with Gasteiger partial charge in [0.05, 0.1) is 0 Å². The van der Waals surface area contributed by atoms with Crippen molar-refractivity contribution in [3.8, 4) is 0 Å². The molecule has 1 heteroatoms. The van der Waals surface area contributed by atoms with Crippen LogP contribution in [0.4, 0.5) is 0 Å². The molecule has 0 aromatic rings. The lowest BCUT2D eigenvalue weighted by atomic mass is 10.1. The van der Waals surface area contributed by atoms with Crippen LogP contribution in [0.3, 0.4) is 0 Å². The molecule has 0 saturated heterocycles. The number of nitrogens with zero attached hydrogens (tertiary/aromatic N) is 1. The summed E-state index contributed by atoms with van der Waals surface area (Å²) >= 11 is 0. The van der Waals surface area contributed by atoms with Gasteiger partial charge in [0.1, 0.15) is 0 Å². The molecule has 80 valence electrons. The largest absolute Gasteiger partial charge is 0.299 e. The van der Waals surface area contributed by atoms with Gasteiger partial charge in [-0.3, -0.25) is 4.90 Å². The number of likely N-dealkylation sites (N-methyl/N-ethyl adjacent to an activating group) is 1. The molecular formula is C13H23N. The highest BCUT2D eigenvalue weighted by atomic mass is 15.1. The molecule has 0 unspecified atom stereocenters. The van der Waals surface area contributed by atoms with Gasteiger partial charge in [-0.05, 0) is 33.7 Å². The third-order valence-corrected chi connectivity index (χ3v) is 2.05. The first-order valence-corrected chi connectivity index (χ1v) is 5.28. The topological polar surface area (TPSA) is 3.24 Å². The molecule has 0 amide bonds. The van der Waals surface area contributed by atoms with Crippen molar-refractivity contribution in [2.45, 2.75) is 26.7 Å². The lowest BCUT2D eigenvalue weighted by Crippen LogP contribution is -2.20. The molecule has 0 aromatic carbocycles. The van der Waals surface area contributed by atoms with Gasteiger partial charge in [-0.15, -0.1) is 0 Å². The van der Waals surface area contributed by atoms with E-state index in [0.717, 1.165) is 25.9 Å². The van der Waals surface area contributed by atoms with Crippen LogP contribution in [0.5, 0.6) is 0 Å². The van der Waals surface area contributed by atoms with Gasteiger partial charge in [-0.25, -0.2) is 0 Å². The van der Waals surface area contributed by atoms with E-state index >= 15 is 0 Å². The van der Waals surface area contributed by atoms with Crippen molar-refractivity contribution >= 4 is 0 Å². The lowest BCUT2D eigenvalue weighted by molar-refractivity contribution is 0.398. The van der Waals surface area contributed by atoms with Gasteiger partial charge in [-0.2, -0.15) is 0 Å². The highest BCUT2D eigenvalue weighted by Crippen LogP contribution is 2.04. The minimum atomic E-state index is 1.00. The van der Waals surface area contributed by atoms with Crippen LogP contribution in [0.25, 0.3) is 0 Å². The average molecular weight is 193 g/mol. The Balaban J connectivity index is 3.60. The van der Waals surface area contributed by atoms with Gasteiger partial charge in [0, 0.05) is 13.1 Å². The highest BCUT2D eigenvalue weighted by molar-refractivity contribution is 4.99. The van der Waals surface area contributed by atoms with Crippen molar-refractivity contribution in [2.24, 2.45) is 0 Å². The fourth-order valence-corrected chi connectivity index (χ4v) is 1.26. The molecule has 0 aliphatic heterocycles. The zero-order chi connectivity index (χ0) is 10.8. The van der Waals surface area contributed by atoms with E-state index < -0.39 is 0 Å². The molecule has 0 aliphatic carbocycles. The van der Waals surface area contributed by atoms with Gasteiger partial charge in [0.15, 0.2) is 0 Å². The predicted molar refractivity (Wildman–Crippen MR) is 65.5 cm³/mol. The molecule has 0 rings (SSSR count). The molecule has 0 aromatic heterocycles. The van der Waals surface area contributed by atoms with Crippen LogP contribution in [-0.4, -0.2) is 25.0 Å². The second kappa shape index (κ2) is 8.76. The third kappa shape index (κ3) is 7.81. The van der Waals surface area contributed by atoms with Crippen molar-refractivity contribution in [3.05, 3.63) is 36.5 Å². The Labute approximate surface area is 88.8 Å². The fraction of sp³-hybridized carbons (Fsp3) is 0.538. The SMILES string of the molecule is C=C(CC/C=C\C)CN(C)C/C=C\C. The highest BCUT2D eigenvalue weighted by Gasteiger charge is 1.98. The summed E-state index contributed by atoms with van der Waals surface area (Å²) in [6, 6.07) is 0. The second-order valence-corrected chi connectivity index (χ2v) is 3.62. The number of allylic oxidation sites excluding steroid dienone is 3. The molecule has 0 radical (unpaired) electrons. The van der Waals surface area contributed by atoms with Gasteiger partial charge in [-0.1, -0.05) is 36.5 Å². The molecule has 14 heavy (non-hydrogen) atoms. The van der Waals surface area contributed by atoms with Gasteiger partial charge < -0.3 is 0 Å². The Morgan fingerprint density at radius 3 is 2.43 bits per heavy atom. The van der Waals surface area contributed by atoms with Crippen LogP contribution in [-0.2, 0) is 0 Å².